The fourth-order valence-electron chi connectivity index (χ4n) is 3.55. The van der Waals surface area contributed by atoms with Crippen LogP contribution in [0.15, 0.2) is 12.1 Å². The molecule has 0 aliphatic heterocycles. The maximum Gasteiger partial charge on any atom is 0.0746 e. The van der Waals surface area contributed by atoms with Gasteiger partial charge in [0, 0.05) is 0 Å². The Morgan fingerprint density at radius 1 is 1.06 bits per heavy atom. The molecule has 0 saturated heterocycles. The van der Waals surface area contributed by atoms with E-state index in [0.717, 1.165) is 0 Å². The molecule has 1 fully saturated rings. The van der Waals surface area contributed by atoms with Gasteiger partial charge in [0.25, 0.3) is 0 Å². The number of hydrogen-bond donors (Lipinski definition) is 0. The number of hydrogen-bond acceptors (Lipinski definition) is 1. The Morgan fingerprint density at radius 2 is 1.61 bits per heavy atom. The third-order valence-corrected chi connectivity index (χ3v) is 4.31. The molecule has 1 atom stereocenters. The van der Waals surface area contributed by atoms with Gasteiger partial charge in [-0.25, -0.2) is 0 Å². The average Bonchev–Trinajstić information content (AvgIpc) is 2.34. The Bertz CT molecular complexity index is 438. The maximum absolute atomic E-state index is 9.60. The zero-order valence-corrected chi connectivity index (χ0v) is 11.8. The second-order valence-corrected chi connectivity index (χ2v) is 5.82. The van der Waals surface area contributed by atoms with Crippen LogP contribution in [0.2, 0.25) is 0 Å². The zero-order valence-electron chi connectivity index (χ0n) is 11.8. The standard InChI is InChI=1S/C17H23N/c1-12-9-13(2)17(14(3)10-12)16(11-18)15-7-5-4-6-8-15/h9-10,15-16H,4-8H2,1-3H3. The summed E-state index contributed by atoms with van der Waals surface area (Å²) < 4.78 is 0. The minimum atomic E-state index is 0.103. The Hall–Kier alpha value is -1.29. The van der Waals surface area contributed by atoms with Crippen molar-refractivity contribution in [2.45, 2.75) is 58.8 Å². The summed E-state index contributed by atoms with van der Waals surface area (Å²) in [6.07, 6.45) is 6.40. The normalized spacial score (nSPS) is 18.3. The number of nitriles is 1. The molecule has 0 aromatic heterocycles. The first-order chi connectivity index (χ1) is 8.63. The van der Waals surface area contributed by atoms with E-state index in [-0.39, 0.29) is 5.92 Å². The van der Waals surface area contributed by atoms with Crippen molar-refractivity contribution in [3.63, 3.8) is 0 Å². The lowest BCUT2D eigenvalue weighted by Gasteiger charge is -2.28. The van der Waals surface area contributed by atoms with Crippen LogP contribution in [0.25, 0.3) is 0 Å². The lowest BCUT2D eigenvalue weighted by atomic mass is 9.75. The molecule has 0 spiro atoms. The summed E-state index contributed by atoms with van der Waals surface area (Å²) in [6.45, 7) is 6.44. The Labute approximate surface area is 111 Å². The summed E-state index contributed by atoms with van der Waals surface area (Å²) in [5.41, 5.74) is 5.19. The number of aryl methyl sites for hydroxylation is 3. The molecule has 0 N–H and O–H groups in total. The molecule has 0 heterocycles. The van der Waals surface area contributed by atoms with Crippen molar-refractivity contribution in [3.8, 4) is 6.07 Å². The van der Waals surface area contributed by atoms with Crippen molar-refractivity contribution in [2.75, 3.05) is 0 Å². The predicted molar refractivity (Wildman–Crippen MR) is 75.6 cm³/mol. The molecule has 1 aliphatic carbocycles. The van der Waals surface area contributed by atoms with E-state index in [1.807, 2.05) is 0 Å². The third kappa shape index (κ3) is 2.58. The predicted octanol–water partition coefficient (Wildman–Crippen LogP) is 4.80. The summed E-state index contributed by atoms with van der Waals surface area (Å²) in [5, 5.41) is 9.60. The highest BCUT2D eigenvalue weighted by Crippen LogP contribution is 2.38. The van der Waals surface area contributed by atoms with Gasteiger partial charge >= 0.3 is 0 Å². The monoisotopic (exact) mass is 241 g/mol. The van der Waals surface area contributed by atoms with E-state index in [9.17, 15) is 5.26 Å². The van der Waals surface area contributed by atoms with Crippen LogP contribution in [0.3, 0.4) is 0 Å². The molecule has 18 heavy (non-hydrogen) atoms. The largest absolute Gasteiger partial charge is 0.198 e. The highest BCUT2D eigenvalue weighted by Gasteiger charge is 2.27. The molecule has 1 heteroatoms. The van der Waals surface area contributed by atoms with Gasteiger partial charge < -0.3 is 0 Å². The van der Waals surface area contributed by atoms with Crippen LogP contribution in [-0.4, -0.2) is 0 Å². The van der Waals surface area contributed by atoms with Gasteiger partial charge in [0.2, 0.25) is 0 Å². The van der Waals surface area contributed by atoms with Gasteiger partial charge in [-0.2, -0.15) is 5.26 Å². The topological polar surface area (TPSA) is 23.8 Å². The van der Waals surface area contributed by atoms with Crippen molar-refractivity contribution >= 4 is 0 Å². The van der Waals surface area contributed by atoms with Crippen molar-refractivity contribution in [3.05, 3.63) is 34.4 Å². The Kier molecular flexibility index (Phi) is 4.07. The van der Waals surface area contributed by atoms with Crippen molar-refractivity contribution in [1.82, 2.24) is 0 Å². The molecular formula is C17H23N. The smallest absolute Gasteiger partial charge is 0.0746 e. The van der Waals surface area contributed by atoms with Crippen LogP contribution in [-0.2, 0) is 0 Å². The van der Waals surface area contributed by atoms with E-state index in [1.165, 1.54) is 54.4 Å². The highest BCUT2D eigenvalue weighted by atomic mass is 14.4. The van der Waals surface area contributed by atoms with Crippen LogP contribution in [0, 0.1) is 38.0 Å². The van der Waals surface area contributed by atoms with Gasteiger partial charge in [-0.15, -0.1) is 0 Å². The van der Waals surface area contributed by atoms with Crippen molar-refractivity contribution < 1.29 is 0 Å². The second-order valence-electron chi connectivity index (χ2n) is 5.82. The van der Waals surface area contributed by atoms with E-state index < -0.39 is 0 Å². The van der Waals surface area contributed by atoms with Crippen LogP contribution in [0.4, 0.5) is 0 Å². The first kappa shape index (κ1) is 13.1. The summed E-state index contributed by atoms with van der Waals surface area (Å²) in [6, 6.07) is 7.02. The number of rotatable bonds is 2. The molecule has 1 unspecified atom stereocenters. The first-order valence-electron chi connectivity index (χ1n) is 7.11. The van der Waals surface area contributed by atoms with Gasteiger partial charge in [0.1, 0.15) is 0 Å². The zero-order chi connectivity index (χ0) is 13.1. The lowest BCUT2D eigenvalue weighted by Crippen LogP contribution is -2.17. The highest BCUT2D eigenvalue weighted by molar-refractivity contribution is 5.42. The summed E-state index contributed by atoms with van der Waals surface area (Å²) in [7, 11) is 0. The fourth-order valence-corrected chi connectivity index (χ4v) is 3.55. The van der Waals surface area contributed by atoms with E-state index >= 15 is 0 Å². The molecule has 96 valence electrons. The molecule has 1 aromatic carbocycles. The SMILES string of the molecule is Cc1cc(C)c(C(C#N)C2CCCCC2)c(C)c1. The van der Waals surface area contributed by atoms with Gasteiger partial charge in [-0.1, -0.05) is 37.0 Å². The average molecular weight is 241 g/mol. The van der Waals surface area contributed by atoms with Crippen LogP contribution >= 0.6 is 0 Å². The van der Waals surface area contributed by atoms with Crippen LogP contribution in [0.1, 0.15) is 60.3 Å². The molecule has 2 rings (SSSR count). The minimum absolute atomic E-state index is 0.103. The molecule has 1 saturated carbocycles. The van der Waals surface area contributed by atoms with Gasteiger partial charge in [0.15, 0.2) is 0 Å². The molecular weight excluding hydrogens is 218 g/mol. The van der Waals surface area contributed by atoms with Crippen LogP contribution in [0.5, 0.6) is 0 Å². The second kappa shape index (κ2) is 5.57. The van der Waals surface area contributed by atoms with Gasteiger partial charge in [0.05, 0.1) is 12.0 Å². The van der Waals surface area contributed by atoms with E-state index in [1.54, 1.807) is 0 Å². The first-order valence-corrected chi connectivity index (χ1v) is 7.11. The molecule has 1 nitrogen and oxygen atoms in total. The third-order valence-electron chi connectivity index (χ3n) is 4.31. The summed E-state index contributed by atoms with van der Waals surface area (Å²) in [5.74, 6) is 0.676. The van der Waals surface area contributed by atoms with Crippen molar-refractivity contribution in [2.24, 2.45) is 5.92 Å². The minimum Gasteiger partial charge on any atom is -0.198 e. The maximum atomic E-state index is 9.60. The fraction of sp³-hybridized carbons (Fsp3) is 0.588. The number of benzene rings is 1. The quantitative estimate of drug-likeness (QED) is 0.729. The van der Waals surface area contributed by atoms with Crippen LogP contribution < -0.4 is 0 Å². The van der Waals surface area contributed by atoms with Crippen molar-refractivity contribution in [1.29, 1.82) is 5.26 Å². The molecule has 0 radical (unpaired) electrons. The van der Waals surface area contributed by atoms with Gasteiger partial charge in [-0.05, 0) is 56.2 Å². The van der Waals surface area contributed by atoms with Gasteiger partial charge in [-0.3, -0.25) is 0 Å². The summed E-state index contributed by atoms with van der Waals surface area (Å²) >= 11 is 0. The van der Waals surface area contributed by atoms with E-state index in [4.69, 9.17) is 0 Å². The molecule has 0 bridgehead atoms. The Morgan fingerprint density at radius 3 is 2.11 bits per heavy atom. The molecule has 1 aliphatic rings. The summed E-state index contributed by atoms with van der Waals surface area (Å²) in [4.78, 5) is 0. The van der Waals surface area contributed by atoms with E-state index in [0.29, 0.717) is 5.92 Å². The molecule has 0 amide bonds. The molecule has 1 aromatic rings. The number of nitrogens with zero attached hydrogens (tertiary/aromatic N) is 1. The lowest BCUT2D eigenvalue weighted by molar-refractivity contribution is 0.334. The van der Waals surface area contributed by atoms with E-state index in [2.05, 4.69) is 39.0 Å². The Balaban J connectivity index is 2.36.